The second-order valence-corrected chi connectivity index (χ2v) is 4.07. The van der Waals surface area contributed by atoms with Gasteiger partial charge in [-0.1, -0.05) is 18.2 Å². The molecule has 0 bridgehead atoms. The topological polar surface area (TPSA) is 32.3 Å². The van der Waals surface area contributed by atoms with Crippen molar-refractivity contribution >= 4 is 11.6 Å². The van der Waals surface area contributed by atoms with Gasteiger partial charge in [0.25, 0.3) is 0 Å². The number of hydrogen-bond acceptors (Lipinski definition) is 2. The molecule has 0 saturated carbocycles. The molecular weight excluding hydrogens is 188 g/mol. The highest BCUT2D eigenvalue weighted by Crippen LogP contribution is 2.17. The molecule has 1 amide bonds. The van der Waals surface area contributed by atoms with Gasteiger partial charge in [-0.05, 0) is 26.0 Å². The summed E-state index contributed by atoms with van der Waals surface area (Å²) in [6, 6.07) is 10.1. The van der Waals surface area contributed by atoms with Gasteiger partial charge in [0.15, 0.2) is 0 Å². The summed E-state index contributed by atoms with van der Waals surface area (Å²) >= 11 is 0. The summed E-state index contributed by atoms with van der Waals surface area (Å²) in [7, 11) is 0. The fraction of sp³-hybridized carbons (Fsp3) is 0.417. The van der Waals surface area contributed by atoms with Crippen molar-refractivity contribution in [3.8, 4) is 0 Å². The Balaban J connectivity index is 2.24. The first-order valence-corrected chi connectivity index (χ1v) is 5.31. The fourth-order valence-corrected chi connectivity index (χ4v) is 1.99. The number of carbonyl (C=O) groups is 1. The van der Waals surface area contributed by atoms with Crippen molar-refractivity contribution < 1.29 is 4.79 Å². The lowest BCUT2D eigenvalue weighted by atomic mass is 10.1. The van der Waals surface area contributed by atoms with E-state index in [1.54, 1.807) is 0 Å². The van der Waals surface area contributed by atoms with E-state index in [2.05, 4.69) is 12.2 Å². The SMILES string of the molecule is CC1CN(c2ccccc2)C(=O)C(C)N1. The number of nitrogens with one attached hydrogen (secondary N) is 1. The molecule has 1 aromatic rings. The van der Waals surface area contributed by atoms with E-state index in [1.165, 1.54) is 0 Å². The lowest BCUT2D eigenvalue weighted by Crippen LogP contribution is -2.58. The minimum absolute atomic E-state index is 0.0889. The van der Waals surface area contributed by atoms with Crippen LogP contribution in [0.3, 0.4) is 0 Å². The van der Waals surface area contributed by atoms with E-state index in [0.717, 1.165) is 12.2 Å². The van der Waals surface area contributed by atoms with Crippen molar-refractivity contribution in [3.05, 3.63) is 30.3 Å². The van der Waals surface area contributed by atoms with Crippen LogP contribution in [0.15, 0.2) is 30.3 Å². The molecule has 0 aliphatic carbocycles. The Bertz CT molecular complexity index is 350. The first kappa shape index (κ1) is 10.2. The molecule has 2 unspecified atom stereocenters. The van der Waals surface area contributed by atoms with Crippen molar-refractivity contribution in [2.24, 2.45) is 0 Å². The quantitative estimate of drug-likeness (QED) is 0.750. The summed E-state index contributed by atoms with van der Waals surface area (Å²) in [5.74, 6) is 0.152. The van der Waals surface area contributed by atoms with Crippen LogP contribution in [0.5, 0.6) is 0 Å². The summed E-state index contributed by atoms with van der Waals surface area (Å²) < 4.78 is 0. The maximum Gasteiger partial charge on any atom is 0.243 e. The molecule has 1 aliphatic heterocycles. The molecule has 80 valence electrons. The van der Waals surface area contributed by atoms with Crippen LogP contribution < -0.4 is 10.2 Å². The van der Waals surface area contributed by atoms with Gasteiger partial charge in [-0.15, -0.1) is 0 Å². The third-order valence-electron chi connectivity index (χ3n) is 2.70. The summed E-state index contributed by atoms with van der Waals surface area (Å²) in [6.07, 6.45) is 0. The molecule has 3 heteroatoms. The van der Waals surface area contributed by atoms with Gasteiger partial charge in [0.1, 0.15) is 0 Å². The number of piperazine rings is 1. The largest absolute Gasteiger partial charge is 0.310 e. The zero-order chi connectivity index (χ0) is 10.8. The highest BCUT2D eigenvalue weighted by Gasteiger charge is 2.29. The number of nitrogens with zero attached hydrogens (tertiary/aromatic N) is 1. The fourth-order valence-electron chi connectivity index (χ4n) is 1.99. The van der Waals surface area contributed by atoms with Crippen LogP contribution in [0.4, 0.5) is 5.69 Å². The van der Waals surface area contributed by atoms with E-state index in [9.17, 15) is 4.79 Å². The Hall–Kier alpha value is -1.35. The molecule has 2 atom stereocenters. The van der Waals surface area contributed by atoms with Gasteiger partial charge in [-0.3, -0.25) is 4.79 Å². The molecular formula is C12H16N2O. The number of rotatable bonds is 1. The van der Waals surface area contributed by atoms with Crippen LogP contribution >= 0.6 is 0 Å². The molecule has 3 nitrogen and oxygen atoms in total. The van der Waals surface area contributed by atoms with Gasteiger partial charge in [0.05, 0.1) is 6.04 Å². The van der Waals surface area contributed by atoms with Gasteiger partial charge < -0.3 is 10.2 Å². The molecule has 1 heterocycles. The van der Waals surface area contributed by atoms with E-state index in [-0.39, 0.29) is 11.9 Å². The molecule has 1 N–H and O–H groups in total. The first-order chi connectivity index (χ1) is 7.18. The predicted octanol–water partition coefficient (Wildman–Crippen LogP) is 1.40. The van der Waals surface area contributed by atoms with Gasteiger partial charge in [0.2, 0.25) is 5.91 Å². The van der Waals surface area contributed by atoms with E-state index in [1.807, 2.05) is 42.2 Å². The molecule has 0 aromatic heterocycles. The zero-order valence-electron chi connectivity index (χ0n) is 9.10. The van der Waals surface area contributed by atoms with Crippen LogP contribution in [0.25, 0.3) is 0 Å². The summed E-state index contributed by atoms with van der Waals surface area (Å²) in [5, 5.41) is 3.24. The number of anilines is 1. The number of carbonyl (C=O) groups excluding carboxylic acids is 1. The van der Waals surface area contributed by atoms with E-state index in [0.29, 0.717) is 6.04 Å². The van der Waals surface area contributed by atoms with Crippen molar-refractivity contribution in [2.45, 2.75) is 25.9 Å². The number of hydrogen-bond donors (Lipinski definition) is 1. The summed E-state index contributed by atoms with van der Waals surface area (Å²) in [6.45, 7) is 4.75. The molecule has 1 fully saturated rings. The van der Waals surface area contributed by atoms with Crippen molar-refractivity contribution in [3.63, 3.8) is 0 Å². The van der Waals surface area contributed by atoms with Crippen LogP contribution in [0, 0.1) is 0 Å². The van der Waals surface area contributed by atoms with Gasteiger partial charge >= 0.3 is 0 Å². The lowest BCUT2D eigenvalue weighted by molar-refractivity contribution is -0.121. The maximum atomic E-state index is 11.9. The molecule has 1 aromatic carbocycles. The maximum absolute atomic E-state index is 11.9. The smallest absolute Gasteiger partial charge is 0.243 e. The molecule has 1 saturated heterocycles. The normalized spacial score (nSPS) is 26.8. The Morgan fingerprint density at radius 1 is 1.27 bits per heavy atom. The minimum atomic E-state index is -0.0889. The van der Waals surface area contributed by atoms with Gasteiger partial charge in [-0.25, -0.2) is 0 Å². The minimum Gasteiger partial charge on any atom is -0.310 e. The number of amides is 1. The first-order valence-electron chi connectivity index (χ1n) is 5.31. The monoisotopic (exact) mass is 204 g/mol. The van der Waals surface area contributed by atoms with E-state index >= 15 is 0 Å². The highest BCUT2D eigenvalue weighted by molar-refractivity contribution is 5.97. The number of benzene rings is 1. The number of para-hydroxylation sites is 1. The van der Waals surface area contributed by atoms with E-state index in [4.69, 9.17) is 0 Å². The average molecular weight is 204 g/mol. The van der Waals surface area contributed by atoms with Crippen LogP contribution in [-0.2, 0) is 4.79 Å². The third kappa shape index (κ3) is 2.02. The molecule has 0 radical (unpaired) electrons. The van der Waals surface area contributed by atoms with E-state index < -0.39 is 0 Å². The Morgan fingerprint density at radius 3 is 2.60 bits per heavy atom. The Morgan fingerprint density at radius 2 is 1.93 bits per heavy atom. The average Bonchev–Trinajstić information content (AvgIpc) is 2.24. The molecule has 15 heavy (non-hydrogen) atoms. The van der Waals surface area contributed by atoms with Crippen LogP contribution in [0.1, 0.15) is 13.8 Å². The van der Waals surface area contributed by atoms with Crippen LogP contribution in [-0.4, -0.2) is 24.5 Å². The summed E-state index contributed by atoms with van der Waals surface area (Å²) in [5.41, 5.74) is 0.989. The van der Waals surface area contributed by atoms with Crippen molar-refractivity contribution in [1.29, 1.82) is 0 Å². The van der Waals surface area contributed by atoms with Crippen LogP contribution in [0.2, 0.25) is 0 Å². The van der Waals surface area contributed by atoms with Crippen molar-refractivity contribution in [2.75, 3.05) is 11.4 Å². The second-order valence-electron chi connectivity index (χ2n) is 4.07. The van der Waals surface area contributed by atoms with Crippen molar-refractivity contribution in [1.82, 2.24) is 5.32 Å². The highest BCUT2D eigenvalue weighted by atomic mass is 16.2. The van der Waals surface area contributed by atoms with Gasteiger partial charge in [-0.2, -0.15) is 0 Å². The Labute approximate surface area is 90.1 Å². The zero-order valence-corrected chi connectivity index (χ0v) is 9.10. The lowest BCUT2D eigenvalue weighted by Gasteiger charge is -2.35. The predicted molar refractivity (Wildman–Crippen MR) is 60.9 cm³/mol. The summed E-state index contributed by atoms with van der Waals surface area (Å²) in [4.78, 5) is 13.8. The molecule has 2 rings (SSSR count). The van der Waals surface area contributed by atoms with Gasteiger partial charge in [0, 0.05) is 18.3 Å². The second kappa shape index (κ2) is 4.03. The Kier molecular flexibility index (Phi) is 2.73. The standard InChI is InChI=1S/C12H16N2O/c1-9-8-14(12(15)10(2)13-9)11-6-4-3-5-7-11/h3-7,9-10,13H,8H2,1-2H3. The third-order valence-corrected chi connectivity index (χ3v) is 2.70. The molecule has 0 spiro atoms. The molecule has 1 aliphatic rings.